The first-order chi connectivity index (χ1) is 8.21. The Morgan fingerprint density at radius 2 is 2.24 bits per heavy atom. The Kier molecular flexibility index (Phi) is 2.93. The van der Waals surface area contributed by atoms with E-state index in [0.717, 1.165) is 16.8 Å². The molecule has 1 aliphatic carbocycles. The molecular weight excluding hydrogens is 238 g/mol. The molecule has 0 saturated heterocycles. The normalized spacial score (nSPS) is 20.2. The Bertz CT molecular complexity index is 590. The highest BCUT2D eigenvalue weighted by Crippen LogP contribution is 2.31. The Morgan fingerprint density at radius 3 is 2.71 bits per heavy atom. The number of aromatic nitrogens is 1. The first kappa shape index (κ1) is 11.4. The summed E-state index contributed by atoms with van der Waals surface area (Å²) in [6.07, 6.45) is 5.64. The van der Waals surface area contributed by atoms with Crippen LogP contribution in [0.4, 0.5) is 0 Å². The van der Waals surface area contributed by atoms with Crippen molar-refractivity contribution >= 4 is 28.3 Å². The standard InChI is InChI=1S/C11H9N3O2S/c1-3-10-12-9(5-17-10)7-4-8(13-15)11(14-16)6(7)2/h1,5,15-16H,4H2,2H3/b13-8+,14-11+. The van der Waals surface area contributed by atoms with E-state index in [1.54, 1.807) is 6.92 Å². The molecule has 86 valence electrons. The molecule has 0 aliphatic heterocycles. The minimum absolute atomic E-state index is 0.290. The minimum Gasteiger partial charge on any atom is -0.411 e. The number of hydrogen-bond acceptors (Lipinski definition) is 6. The maximum absolute atomic E-state index is 8.87. The molecular formula is C11H9N3O2S. The summed E-state index contributed by atoms with van der Waals surface area (Å²) in [5.41, 5.74) is 2.96. The molecule has 0 bridgehead atoms. The van der Waals surface area contributed by atoms with Gasteiger partial charge in [-0.25, -0.2) is 4.98 Å². The van der Waals surface area contributed by atoms with Crippen LogP contribution in [0.5, 0.6) is 0 Å². The van der Waals surface area contributed by atoms with Gasteiger partial charge in [0.1, 0.15) is 11.4 Å². The summed E-state index contributed by atoms with van der Waals surface area (Å²) in [5.74, 6) is 2.46. The Hall–Kier alpha value is -2.13. The maximum atomic E-state index is 8.87. The van der Waals surface area contributed by atoms with Crippen LogP contribution in [-0.4, -0.2) is 26.8 Å². The summed E-state index contributed by atoms with van der Waals surface area (Å²) >= 11 is 1.37. The van der Waals surface area contributed by atoms with Gasteiger partial charge in [0.15, 0.2) is 5.01 Å². The molecule has 5 nitrogen and oxygen atoms in total. The van der Waals surface area contributed by atoms with Gasteiger partial charge in [0, 0.05) is 11.8 Å². The molecule has 2 rings (SSSR count). The highest BCUT2D eigenvalue weighted by Gasteiger charge is 2.27. The third-order valence-electron chi connectivity index (χ3n) is 2.58. The quantitative estimate of drug-likeness (QED) is 0.452. The summed E-state index contributed by atoms with van der Waals surface area (Å²) in [4.78, 5) is 4.25. The van der Waals surface area contributed by atoms with Crippen LogP contribution >= 0.6 is 11.3 Å². The predicted octanol–water partition coefficient (Wildman–Crippen LogP) is 1.96. The zero-order valence-electron chi connectivity index (χ0n) is 9.01. The SMILES string of the molecule is C#Cc1nc(C2=C(C)C(=N\O)/C(=N/O)C2)cs1. The molecule has 1 heterocycles. The highest BCUT2D eigenvalue weighted by atomic mass is 32.1. The first-order valence-corrected chi connectivity index (χ1v) is 5.65. The number of rotatable bonds is 1. The van der Waals surface area contributed by atoms with E-state index in [0.29, 0.717) is 17.1 Å². The maximum Gasteiger partial charge on any atom is 0.167 e. The molecule has 0 amide bonds. The highest BCUT2D eigenvalue weighted by molar-refractivity contribution is 7.10. The zero-order chi connectivity index (χ0) is 12.4. The van der Waals surface area contributed by atoms with Crippen molar-refractivity contribution in [3.05, 3.63) is 21.7 Å². The number of nitrogens with zero attached hydrogens (tertiary/aromatic N) is 3. The monoisotopic (exact) mass is 247 g/mol. The Balaban J connectivity index is 2.47. The average Bonchev–Trinajstić information content (AvgIpc) is 2.92. The van der Waals surface area contributed by atoms with Crippen molar-refractivity contribution < 1.29 is 10.4 Å². The summed E-state index contributed by atoms with van der Waals surface area (Å²) in [5, 5.41) is 26.4. The van der Waals surface area contributed by atoms with E-state index in [4.69, 9.17) is 16.8 Å². The third kappa shape index (κ3) is 1.81. The molecule has 0 atom stereocenters. The van der Waals surface area contributed by atoms with Gasteiger partial charge in [-0.05, 0) is 24.0 Å². The third-order valence-corrected chi connectivity index (χ3v) is 3.36. The smallest absolute Gasteiger partial charge is 0.167 e. The summed E-state index contributed by atoms with van der Waals surface area (Å²) in [7, 11) is 0. The summed E-state index contributed by atoms with van der Waals surface area (Å²) in [6.45, 7) is 1.79. The lowest BCUT2D eigenvalue weighted by Gasteiger charge is -1.96. The molecule has 0 spiro atoms. The molecule has 1 aromatic heterocycles. The topological polar surface area (TPSA) is 78.1 Å². The van der Waals surface area contributed by atoms with E-state index in [-0.39, 0.29) is 5.71 Å². The fraction of sp³-hybridized carbons (Fsp3) is 0.182. The van der Waals surface area contributed by atoms with Crippen LogP contribution in [0.25, 0.3) is 5.57 Å². The molecule has 6 heteroatoms. The van der Waals surface area contributed by atoms with Crippen molar-refractivity contribution in [3.63, 3.8) is 0 Å². The largest absolute Gasteiger partial charge is 0.411 e. The molecule has 0 unspecified atom stereocenters. The van der Waals surface area contributed by atoms with Crippen molar-refractivity contribution in [1.82, 2.24) is 4.98 Å². The van der Waals surface area contributed by atoms with Crippen molar-refractivity contribution in [3.8, 4) is 12.3 Å². The number of allylic oxidation sites excluding steroid dienone is 2. The van der Waals surface area contributed by atoms with Gasteiger partial charge in [-0.2, -0.15) is 0 Å². The second-order valence-corrected chi connectivity index (χ2v) is 4.32. The fourth-order valence-electron chi connectivity index (χ4n) is 1.72. The van der Waals surface area contributed by atoms with Crippen LogP contribution < -0.4 is 0 Å². The van der Waals surface area contributed by atoms with E-state index in [1.807, 2.05) is 5.38 Å². The molecule has 0 fully saturated rings. The molecule has 1 aromatic rings. The Morgan fingerprint density at radius 1 is 1.47 bits per heavy atom. The lowest BCUT2D eigenvalue weighted by molar-refractivity contribution is 0.314. The lowest BCUT2D eigenvalue weighted by atomic mass is 10.1. The number of oxime groups is 2. The average molecular weight is 247 g/mol. The number of terminal acetylenes is 1. The van der Waals surface area contributed by atoms with Crippen LogP contribution in [0.1, 0.15) is 24.0 Å². The van der Waals surface area contributed by atoms with Gasteiger partial charge in [-0.1, -0.05) is 10.3 Å². The second-order valence-electron chi connectivity index (χ2n) is 3.46. The zero-order valence-corrected chi connectivity index (χ0v) is 9.82. The van der Waals surface area contributed by atoms with Gasteiger partial charge in [-0.3, -0.25) is 0 Å². The van der Waals surface area contributed by atoms with Crippen LogP contribution in [-0.2, 0) is 0 Å². The van der Waals surface area contributed by atoms with E-state index in [9.17, 15) is 0 Å². The van der Waals surface area contributed by atoms with Gasteiger partial charge in [0.2, 0.25) is 0 Å². The van der Waals surface area contributed by atoms with Gasteiger partial charge >= 0.3 is 0 Å². The van der Waals surface area contributed by atoms with Crippen LogP contribution in [0, 0.1) is 12.3 Å². The van der Waals surface area contributed by atoms with Crippen LogP contribution in [0.15, 0.2) is 21.3 Å². The van der Waals surface area contributed by atoms with E-state index in [1.165, 1.54) is 11.3 Å². The van der Waals surface area contributed by atoms with Crippen molar-refractivity contribution in [2.24, 2.45) is 10.3 Å². The molecule has 0 saturated carbocycles. The molecule has 17 heavy (non-hydrogen) atoms. The predicted molar refractivity (Wildman–Crippen MR) is 65.7 cm³/mol. The number of hydrogen-bond donors (Lipinski definition) is 2. The van der Waals surface area contributed by atoms with Gasteiger partial charge in [-0.15, -0.1) is 17.8 Å². The van der Waals surface area contributed by atoms with E-state index in [2.05, 4.69) is 21.2 Å². The van der Waals surface area contributed by atoms with E-state index < -0.39 is 0 Å². The first-order valence-electron chi connectivity index (χ1n) is 4.77. The second kappa shape index (κ2) is 4.39. The van der Waals surface area contributed by atoms with Gasteiger partial charge < -0.3 is 10.4 Å². The van der Waals surface area contributed by atoms with Crippen LogP contribution in [0.3, 0.4) is 0 Å². The van der Waals surface area contributed by atoms with E-state index >= 15 is 0 Å². The van der Waals surface area contributed by atoms with Gasteiger partial charge in [0.25, 0.3) is 0 Å². The van der Waals surface area contributed by atoms with Crippen molar-refractivity contribution in [2.75, 3.05) is 0 Å². The van der Waals surface area contributed by atoms with Crippen LogP contribution in [0.2, 0.25) is 0 Å². The van der Waals surface area contributed by atoms with Crippen molar-refractivity contribution in [1.29, 1.82) is 0 Å². The number of thiazole rings is 1. The van der Waals surface area contributed by atoms with Crippen molar-refractivity contribution in [2.45, 2.75) is 13.3 Å². The fourth-order valence-corrected chi connectivity index (χ4v) is 2.36. The molecule has 0 radical (unpaired) electrons. The van der Waals surface area contributed by atoms with Gasteiger partial charge in [0.05, 0.1) is 5.69 Å². The Labute approximate surface area is 102 Å². The lowest BCUT2D eigenvalue weighted by Crippen LogP contribution is -2.08. The molecule has 0 aromatic carbocycles. The summed E-state index contributed by atoms with van der Waals surface area (Å²) in [6, 6.07) is 0. The summed E-state index contributed by atoms with van der Waals surface area (Å²) < 4.78 is 0. The molecule has 2 N–H and O–H groups in total. The minimum atomic E-state index is 0.290. The molecule has 1 aliphatic rings.